The molecule has 1 amide bonds. The van der Waals surface area contributed by atoms with Crippen LogP contribution in [0.4, 0.5) is 15.9 Å². The maximum absolute atomic E-state index is 14.2. The van der Waals surface area contributed by atoms with E-state index in [1.807, 2.05) is 24.3 Å². The lowest BCUT2D eigenvalue weighted by atomic mass is 9.90. The Morgan fingerprint density at radius 3 is 2.76 bits per heavy atom. The van der Waals surface area contributed by atoms with Gasteiger partial charge in [0.25, 0.3) is 0 Å². The molecule has 3 fully saturated rings. The Morgan fingerprint density at radius 2 is 2.00 bits per heavy atom. The highest BCUT2D eigenvalue weighted by molar-refractivity contribution is 6.30. The second-order valence-electron chi connectivity index (χ2n) is 11.3. The average molecular weight is 576 g/mol. The molecule has 2 atom stereocenters. The number of carbonyl (C=O) groups is 1. The van der Waals surface area contributed by atoms with E-state index in [-0.39, 0.29) is 23.9 Å². The number of rotatable bonds is 9. The molecule has 2 unspecified atom stereocenters. The van der Waals surface area contributed by atoms with Crippen LogP contribution in [0.3, 0.4) is 0 Å². The molecule has 3 aliphatic rings. The van der Waals surface area contributed by atoms with E-state index in [0.717, 1.165) is 80.3 Å². The lowest BCUT2D eigenvalue weighted by molar-refractivity contribution is -0.105. The number of nitrogens with zero attached hydrogens (tertiary/aromatic N) is 4. The minimum Gasteiger partial charge on any atom is -0.473 e. The van der Waals surface area contributed by atoms with E-state index in [9.17, 15) is 9.18 Å². The number of hydrogen-bond donors (Lipinski definition) is 1. The smallest absolute Gasteiger partial charge is 0.215 e. The number of anilines is 2. The second-order valence-corrected chi connectivity index (χ2v) is 11.7. The minimum absolute atomic E-state index is 0.0871. The molecule has 212 valence electrons. The molecule has 4 aromatic rings. The maximum atomic E-state index is 14.2. The summed E-state index contributed by atoms with van der Waals surface area (Å²) in [4.78, 5) is 23.1. The molecule has 1 N–H and O–H groups in total. The third kappa shape index (κ3) is 5.13. The summed E-state index contributed by atoms with van der Waals surface area (Å²) in [6.45, 7) is 3.52. The van der Waals surface area contributed by atoms with Crippen molar-refractivity contribution in [3.05, 3.63) is 76.8 Å². The van der Waals surface area contributed by atoms with E-state index in [0.29, 0.717) is 28.8 Å². The Bertz CT molecular complexity index is 1600. The number of amides is 1. The summed E-state index contributed by atoms with van der Waals surface area (Å²) in [7, 11) is 0. The fourth-order valence-corrected chi connectivity index (χ4v) is 6.45. The summed E-state index contributed by atoms with van der Waals surface area (Å²) < 4.78 is 28.1. The van der Waals surface area contributed by atoms with Gasteiger partial charge in [-0.25, -0.2) is 9.37 Å². The van der Waals surface area contributed by atoms with Gasteiger partial charge in [0.2, 0.25) is 12.3 Å². The van der Waals surface area contributed by atoms with Crippen LogP contribution in [-0.4, -0.2) is 46.7 Å². The molecule has 10 heteroatoms. The molecule has 0 radical (unpaired) electrons. The Hall–Kier alpha value is -3.69. The summed E-state index contributed by atoms with van der Waals surface area (Å²) in [5, 5.41) is 3.10. The molecule has 8 nitrogen and oxygen atoms in total. The molecule has 1 aliphatic carbocycles. The van der Waals surface area contributed by atoms with Crippen LogP contribution < -0.4 is 15.0 Å². The summed E-state index contributed by atoms with van der Waals surface area (Å²) in [5.74, 6) is 2.49. The SMILES string of the molecule is O=CNc1ccc2c(c1)nc(C1CC13CCN(c1cccc(OCc4ccc(Cl)cc4F)n1)CC3)n2CC1CCO1. The van der Waals surface area contributed by atoms with Crippen molar-refractivity contribution in [3.8, 4) is 5.88 Å². The van der Waals surface area contributed by atoms with Gasteiger partial charge in [-0.2, -0.15) is 4.98 Å². The zero-order valence-electron chi connectivity index (χ0n) is 22.6. The van der Waals surface area contributed by atoms with Crippen molar-refractivity contribution in [2.45, 2.75) is 50.9 Å². The number of aromatic nitrogens is 3. The number of nitrogens with one attached hydrogen (secondary N) is 1. The lowest BCUT2D eigenvalue weighted by Crippen LogP contribution is -2.36. The van der Waals surface area contributed by atoms with Crippen molar-refractivity contribution in [2.75, 3.05) is 29.9 Å². The first kappa shape index (κ1) is 26.2. The Morgan fingerprint density at radius 1 is 1.15 bits per heavy atom. The normalized spacial score (nSPS) is 21.1. The van der Waals surface area contributed by atoms with Gasteiger partial charge in [0.05, 0.1) is 23.7 Å². The maximum Gasteiger partial charge on any atom is 0.215 e. The monoisotopic (exact) mass is 575 g/mol. The Kier molecular flexibility index (Phi) is 6.79. The van der Waals surface area contributed by atoms with E-state index in [4.69, 9.17) is 31.0 Å². The molecular formula is C31H31ClFN5O3. The zero-order valence-corrected chi connectivity index (χ0v) is 23.3. The molecular weight excluding hydrogens is 545 g/mol. The van der Waals surface area contributed by atoms with E-state index in [1.54, 1.807) is 18.2 Å². The first-order valence-electron chi connectivity index (χ1n) is 14.1. The van der Waals surface area contributed by atoms with Crippen molar-refractivity contribution in [1.82, 2.24) is 14.5 Å². The fourth-order valence-electron chi connectivity index (χ4n) is 6.29. The van der Waals surface area contributed by atoms with Gasteiger partial charge in [-0.05, 0) is 67.5 Å². The fraction of sp³-hybridized carbons (Fsp3) is 0.387. The number of hydrogen-bond acceptors (Lipinski definition) is 6. The largest absolute Gasteiger partial charge is 0.473 e. The number of imidazole rings is 1. The number of piperidine rings is 1. The highest BCUT2D eigenvalue weighted by Crippen LogP contribution is 2.65. The third-order valence-corrected chi connectivity index (χ3v) is 9.10. The van der Waals surface area contributed by atoms with Crippen molar-refractivity contribution in [2.24, 2.45) is 5.41 Å². The summed E-state index contributed by atoms with van der Waals surface area (Å²) in [6, 6.07) is 16.2. The van der Waals surface area contributed by atoms with Crippen molar-refractivity contribution in [1.29, 1.82) is 0 Å². The predicted octanol–water partition coefficient (Wildman–Crippen LogP) is 5.93. The van der Waals surface area contributed by atoms with Crippen molar-refractivity contribution >= 4 is 40.5 Å². The van der Waals surface area contributed by atoms with Crippen molar-refractivity contribution < 1.29 is 18.7 Å². The van der Waals surface area contributed by atoms with Crippen LogP contribution in [0.25, 0.3) is 11.0 Å². The van der Waals surface area contributed by atoms with Gasteiger partial charge < -0.3 is 24.3 Å². The third-order valence-electron chi connectivity index (χ3n) is 8.87. The molecule has 2 aromatic carbocycles. The van der Waals surface area contributed by atoms with Crippen molar-refractivity contribution in [3.63, 3.8) is 0 Å². The zero-order chi connectivity index (χ0) is 28.0. The molecule has 4 heterocycles. The lowest BCUT2D eigenvalue weighted by Gasteiger charge is -2.34. The van der Waals surface area contributed by atoms with Crippen LogP contribution in [0, 0.1) is 11.2 Å². The number of halogens is 2. The predicted molar refractivity (Wildman–Crippen MR) is 155 cm³/mol. The quantitative estimate of drug-likeness (QED) is 0.249. The summed E-state index contributed by atoms with van der Waals surface area (Å²) in [6.07, 6.45) is 5.23. The summed E-state index contributed by atoms with van der Waals surface area (Å²) >= 11 is 5.86. The second kappa shape index (κ2) is 10.6. The number of fused-ring (bicyclic) bond motifs is 1. The molecule has 1 spiro atoms. The molecule has 0 bridgehead atoms. The van der Waals surface area contributed by atoms with Gasteiger partial charge in [0.15, 0.2) is 0 Å². The van der Waals surface area contributed by atoms with Gasteiger partial charge in [0, 0.05) is 48.0 Å². The van der Waals surface area contributed by atoms with Crippen LogP contribution in [0.5, 0.6) is 5.88 Å². The summed E-state index contributed by atoms with van der Waals surface area (Å²) in [5.41, 5.74) is 3.42. The topological polar surface area (TPSA) is 81.5 Å². The van der Waals surface area contributed by atoms with Crippen LogP contribution in [-0.2, 0) is 22.7 Å². The standard InChI is InChI=1S/C31H31ClFN5O3/c32-21-5-4-20(25(33)14-21)18-41-29-3-1-2-28(36-29)37-11-9-31(10-12-37)16-24(31)30-35-26-15-22(34-19-39)6-7-27(26)38(30)17-23-8-13-40-23/h1-7,14-15,19,23-24H,8-13,16-18H2,(H,34,39). The van der Waals surface area contributed by atoms with Crippen LogP contribution in [0.2, 0.25) is 5.02 Å². The van der Waals surface area contributed by atoms with Crippen LogP contribution in [0.1, 0.15) is 43.0 Å². The number of benzene rings is 2. The van der Waals surface area contributed by atoms with Gasteiger partial charge >= 0.3 is 0 Å². The van der Waals surface area contributed by atoms with E-state index in [1.165, 1.54) is 6.07 Å². The molecule has 2 aromatic heterocycles. The minimum atomic E-state index is -0.388. The van der Waals surface area contributed by atoms with E-state index in [2.05, 4.69) is 20.9 Å². The first-order chi connectivity index (χ1) is 20.0. The first-order valence-corrected chi connectivity index (χ1v) is 14.5. The highest BCUT2D eigenvalue weighted by Gasteiger charge is 2.57. The molecule has 2 aliphatic heterocycles. The average Bonchev–Trinajstić information content (AvgIpc) is 3.52. The molecule has 2 saturated heterocycles. The number of pyridine rings is 1. The molecule has 7 rings (SSSR count). The Labute approximate surface area is 242 Å². The van der Waals surface area contributed by atoms with E-state index >= 15 is 0 Å². The number of ether oxygens (including phenoxy) is 2. The van der Waals surface area contributed by atoms with Crippen LogP contribution >= 0.6 is 11.6 Å². The van der Waals surface area contributed by atoms with Gasteiger partial charge in [0.1, 0.15) is 24.1 Å². The Balaban J connectivity index is 1.04. The number of carbonyl (C=O) groups excluding carboxylic acids is 1. The molecule has 1 saturated carbocycles. The van der Waals surface area contributed by atoms with E-state index < -0.39 is 0 Å². The van der Waals surface area contributed by atoms with Gasteiger partial charge in [-0.3, -0.25) is 4.79 Å². The van der Waals surface area contributed by atoms with Gasteiger partial charge in [-0.1, -0.05) is 23.7 Å². The van der Waals surface area contributed by atoms with Crippen LogP contribution in [0.15, 0.2) is 54.6 Å². The van der Waals surface area contributed by atoms with Gasteiger partial charge in [-0.15, -0.1) is 0 Å². The molecule has 41 heavy (non-hydrogen) atoms. The highest BCUT2D eigenvalue weighted by atomic mass is 35.5.